The molecule has 1 N–H and O–H groups in total. The van der Waals surface area contributed by atoms with Crippen LogP contribution >= 0.6 is 27.3 Å². The number of aliphatic hydroxyl groups excluding tert-OH is 1. The summed E-state index contributed by atoms with van der Waals surface area (Å²) < 4.78 is 1.05. The van der Waals surface area contributed by atoms with Crippen LogP contribution in [0, 0.1) is 0 Å². The first-order valence-electron chi connectivity index (χ1n) is 3.47. The van der Waals surface area contributed by atoms with E-state index in [9.17, 15) is 0 Å². The van der Waals surface area contributed by atoms with Crippen molar-refractivity contribution in [1.82, 2.24) is 4.98 Å². The molecule has 0 radical (unpaired) electrons. The van der Waals surface area contributed by atoms with Gasteiger partial charge in [0.15, 0.2) is 0 Å². The molecule has 0 saturated carbocycles. The van der Waals surface area contributed by atoms with Crippen LogP contribution in [0.5, 0.6) is 0 Å². The number of halogens is 1. The van der Waals surface area contributed by atoms with E-state index < -0.39 is 0 Å². The molecule has 0 fully saturated rings. The van der Waals surface area contributed by atoms with Gasteiger partial charge in [-0.25, -0.2) is 4.98 Å². The summed E-state index contributed by atoms with van der Waals surface area (Å²) in [6.07, 6.45) is 3.23. The van der Waals surface area contributed by atoms with Crippen LogP contribution in [-0.4, -0.2) is 16.2 Å². The molecule has 0 unspecified atom stereocenters. The summed E-state index contributed by atoms with van der Waals surface area (Å²) in [5, 5.41) is 10.1. The molecule has 0 saturated heterocycles. The molecule has 11 heavy (non-hydrogen) atoms. The lowest BCUT2D eigenvalue weighted by molar-refractivity contribution is 0.185. The lowest BCUT2D eigenvalue weighted by Crippen LogP contribution is -2.00. The standard InChI is InChI=1S/C7H10BrNOS/c1-5(10)2-3-7-9-4-6(8)11-7/h4-5,10H,2-3H2,1H3/t5-/m1/s1. The van der Waals surface area contributed by atoms with Crippen molar-refractivity contribution in [1.29, 1.82) is 0 Å². The van der Waals surface area contributed by atoms with Crippen molar-refractivity contribution in [3.63, 3.8) is 0 Å². The first kappa shape index (κ1) is 9.16. The quantitative estimate of drug-likeness (QED) is 0.872. The minimum atomic E-state index is -0.224. The second-order valence-corrected chi connectivity index (χ2v) is 4.94. The second kappa shape index (κ2) is 4.18. The van der Waals surface area contributed by atoms with E-state index in [1.54, 1.807) is 24.5 Å². The molecule has 0 aliphatic rings. The summed E-state index contributed by atoms with van der Waals surface area (Å²) in [6, 6.07) is 0. The minimum Gasteiger partial charge on any atom is -0.393 e. The van der Waals surface area contributed by atoms with Crippen molar-refractivity contribution in [3.8, 4) is 0 Å². The first-order valence-corrected chi connectivity index (χ1v) is 5.07. The molecular formula is C7H10BrNOS. The van der Waals surface area contributed by atoms with Crippen LogP contribution in [0.1, 0.15) is 18.4 Å². The number of aryl methyl sites for hydroxylation is 1. The Balaban J connectivity index is 2.39. The highest BCUT2D eigenvalue weighted by Gasteiger charge is 2.01. The molecule has 1 atom stereocenters. The molecular weight excluding hydrogens is 226 g/mol. The molecule has 4 heteroatoms. The predicted molar refractivity (Wildman–Crippen MR) is 49.8 cm³/mol. The monoisotopic (exact) mass is 235 g/mol. The van der Waals surface area contributed by atoms with Crippen molar-refractivity contribution in [2.45, 2.75) is 25.9 Å². The average molecular weight is 236 g/mol. The molecule has 0 aliphatic carbocycles. The van der Waals surface area contributed by atoms with Gasteiger partial charge in [0.25, 0.3) is 0 Å². The van der Waals surface area contributed by atoms with E-state index in [0.29, 0.717) is 0 Å². The first-order chi connectivity index (χ1) is 5.18. The van der Waals surface area contributed by atoms with Crippen LogP contribution < -0.4 is 0 Å². The van der Waals surface area contributed by atoms with Crippen molar-refractivity contribution in [3.05, 3.63) is 15.0 Å². The van der Waals surface area contributed by atoms with E-state index >= 15 is 0 Å². The fourth-order valence-corrected chi connectivity index (χ4v) is 2.05. The predicted octanol–water partition coefficient (Wildman–Crippen LogP) is 2.22. The molecule has 62 valence electrons. The number of hydrogen-bond donors (Lipinski definition) is 1. The van der Waals surface area contributed by atoms with Crippen LogP contribution in [0.15, 0.2) is 9.98 Å². The highest BCUT2D eigenvalue weighted by atomic mass is 79.9. The van der Waals surface area contributed by atoms with Crippen molar-refractivity contribution < 1.29 is 5.11 Å². The third-order valence-electron chi connectivity index (χ3n) is 1.30. The fraction of sp³-hybridized carbons (Fsp3) is 0.571. The van der Waals surface area contributed by atoms with E-state index in [0.717, 1.165) is 21.6 Å². The van der Waals surface area contributed by atoms with Crippen LogP contribution in [-0.2, 0) is 6.42 Å². The Morgan fingerprint density at radius 2 is 2.55 bits per heavy atom. The van der Waals surface area contributed by atoms with E-state index in [-0.39, 0.29) is 6.10 Å². The van der Waals surface area contributed by atoms with Gasteiger partial charge in [0.2, 0.25) is 0 Å². The number of rotatable bonds is 3. The van der Waals surface area contributed by atoms with E-state index in [2.05, 4.69) is 20.9 Å². The van der Waals surface area contributed by atoms with Crippen LogP contribution in [0.2, 0.25) is 0 Å². The second-order valence-electron chi connectivity index (χ2n) is 2.45. The number of hydrogen-bond acceptors (Lipinski definition) is 3. The third kappa shape index (κ3) is 3.31. The lowest BCUT2D eigenvalue weighted by atomic mass is 10.2. The highest BCUT2D eigenvalue weighted by molar-refractivity contribution is 9.11. The SMILES string of the molecule is C[C@@H](O)CCc1ncc(Br)s1. The largest absolute Gasteiger partial charge is 0.393 e. The van der Waals surface area contributed by atoms with Gasteiger partial charge in [-0.15, -0.1) is 11.3 Å². The summed E-state index contributed by atoms with van der Waals surface area (Å²) in [5.74, 6) is 0. The molecule has 0 aliphatic heterocycles. The van der Waals surface area contributed by atoms with Gasteiger partial charge in [-0.2, -0.15) is 0 Å². The topological polar surface area (TPSA) is 33.1 Å². The Hall–Kier alpha value is 0.0700. The third-order valence-corrected chi connectivity index (χ3v) is 2.84. The Bertz CT molecular complexity index is 224. The van der Waals surface area contributed by atoms with E-state index in [4.69, 9.17) is 5.11 Å². The van der Waals surface area contributed by atoms with Crippen LogP contribution in [0.4, 0.5) is 0 Å². The van der Waals surface area contributed by atoms with Gasteiger partial charge in [0, 0.05) is 6.42 Å². The summed E-state index contributed by atoms with van der Waals surface area (Å²) in [5.41, 5.74) is 0. The Kier molecular flexibility index (Phi) is 3.48. The maximum absolute atomic E-state index is 8.99. The fourth-order valence-electron chi connectivity index (χ4n) is 0.736. The summed E-state index contributed by atoms with van der Waals surface area (Å²) in [6.45, 7) is 1.79. The molecule has 1 heterocycles. The van der Waals surface area contributed by atoms with Crippen molar-refractivity contribution >= 4 is 27.3 Å². The van der Waals surface area contributed by atoms with Crippen LogP contribution in [0.3, 0.4) is 0 Å². The molecule has 0 aromatic carbocycles. The zero-order valence-corrected chi connectivity index (χ0v) is 8.65. The summed E-state index contributed by atoms with van der Waals surface area (Å²) in [4.78, 5) is 4.15. The van der Waals surface area contributed by atoms with Gasteiger partial charge in [-0.05, 0) is 29.3 Å². The lowest BCUT2D eigenvalue weighted by Gasteiger charge is -1.99. The normalized spacial score (nSPS) is 13.4. The van der Waals surface area contributed by atoms with Gasteiger partial charge >= 0.3 is 0 Å². The molecule has 2 nitrogen and oxygen atoms in total. The van der Waals surface area contributed by atoms with E-state index in [1.807, 2.05) is 0 Å². The molecule has 0 bridgehead atoms. The van der Waals surface area contributed by atoms with Crippen LogP contribution in [0.25, 0.3) is 0 Å². The summed E-state index contributed by atoms with van der Waals surface area (Å²) >= 11 is 4.96. The zero-order valence-electron chi connectivity index (χ0n) is 6.25. The highest BCUT2D eigenvalue weighted by Crippen LogP contribution is 2.20. The number of aliphatic hydroxyl groups is 1. The van der Waals surface area contributed by atoms with E-state index in [1.165, 1.54) is 0 Å². The number of nitrogens with zero attached hydrogens (tertiary/aromatic N) is 1. The smallest absolute Gasteiger partial charge is 0.0937 e. The minimum absolute atomic E-state index is 0.224. The number of aromatic nitrogens is 1. The average Bonchev–Trinajstić information content (AvgIpc) is 2.31. The van der Waals surface area contributed by atoms with Gasteiger partial charge in [-0.1, -0.05) is 0 Å². The Morgan fingerprint density at radius 3 is 3.00 bits per heavy atom. The molecule has 1 aromatic rings. The molecule has 0 spiro atoms. The Labute approximate surface area is 78.4 Å². The van der Waals surface area contributed by atoms with Gasteiger partial charge in [0.05, 0.1) is 21.1 Å². The molecule has 0 amide bonds. The van der Waals surface area contributed by atoms with Crippen molar-refractivity contribution in [2.75, 3.05) is 0 Å². The van der Waals surface area contributed by atoms with Gasteiger partial charge in [0.1, 0.15) is 0 Å². The van der Waals surface area contributed by atoms with Crippen molar-refractivity contribution in [2.24, 2.45) is 0 Å². The van der Waals surface area contributed by atoms with Gasteiger partial charge in [-0.3, -0.25) is 0 Å². The maximum atomic E-state index is 8.99. The number of thiazole rings is 1. The maximum Gasteiger partial charge on any atom is 0.0937 e. The Morgan fingerprint density at radius 1 is 1.82 bits per heavy atom. The summed E-state index contributed by atoms with van der Waals surface area (Å²) in [7, 11) is 0. The molecule has 1 aromatic heterocycles. The zero-order chi connectivity index (χ0) is 8.27. The van der Waals surface area contributed by atoms with Gasteiger partial charge < -0.3 is 5.11 Å². The molecule has 1 rings (SSSR count).